The summed E-state index contributed by atoms with van der Waals surface area (Å²) >= 11 is 0. The molecule has 0 aliphatic carbocycles. The first-order valence-electron chi connectivity index (χ1n) is 18.0. The summed E-state index contributed by atoms with van der Waals surface area (Å²) < 4.78 is 36.4. The number of hydrogen-bond donors (Lipinski definition) is 0. The van der Waals surface area contributed by atoms with Gasteiger partial charge in [-0.2, -0.15) is 0 Å². The fourth-order valence-electron chi connectivity index (χ4n) is 6.37. The Hall–Kier alpha value is -0.390. The van der Waals surface area contributed by atoms with Gasteiger partial charge in [-0.1, -0.05) is 179 Å². The standard InChI is InChI=1S/C38H64O3S.Na/c1-3-5-7-9-11-13-15-17-19-21-23-25-27-34-29-30-35-31-32-38(42(39,40)41)36(37(35)33-34)28-26-24-22-20-18-16-14-12-10-8-6-4-2;/h29-33H,3-28H2,1-2H3,(H,39,40,41);/q;+1/p-1. The van der Waals surface area contributed by atoms with E-state index in [0.29, 0.717) is 6.42 Å². The van der Waals surface area contributed by atoms with Gasteiger partial charge < -0.3 is 4.55 Å². The zero-order chi connectivity index (χ0) is 30.3. The van der Waals surface area contributed by atoms with Gasteiger partial charge in [0, 0.05) is 0 Å². The third kappa shape index (κ3) is 18.4. The van der Waals surface area contributed by atoms with Gasteiger partial charge in [0.05, 0.1) is 4.90 Å². The van der Waals surface area contributed by atoms with Gasteiger partial charge in [0.2, 0.25) is 0 Å². The maximum atomic E-state index is 12.1. The second-order valence-electron chi connectivity index (χ2n) is 12.8. The smallest absolute Gasteiger partial charge is 0.744 e. The molecule has 0 N–H and O–H groups in total. The van der Waals surface area contributed by atoms with Gasteiger partial charge in [-0.15, -0.1) is 0 Å². The van der Waals surface area contributed by atoms with Crippen molar-refractivity contribution in [3.8, 4) is 0 Å². The molecular formula is C38H63NaO3S. The summed E-state index contributed by atoms with van der Waals surface area (Å²) in [6.45, 7) is 4.54. The van der Waals surface area contributed by atoms with E-state index in [4.69, 9.17) is 0 Å². The van der Waals surface area contributed by atoms with E-state index >= 15 is 0 Å². The van der Waals surface area contributed by atoms with Crippen LogP contribution in [0.3, 0.4) is 0 Å². The van der Waals surface area contributed by atoms with Gasteiger partial charge in [-0.25, -0.2) is 8.42 Å². The summed E-state index contributed by atoms with van der Waals surface area (Å²) in [6, 6.07) is 9.79. The number of benzene rings is 2. The van der Waals surface area contributed by atoms with Crippen LogP contribution in [0, 0.1) is 0 Å². The summed E-state index contributed by atoms with van der Waals surface area (Å²) in [5.74, 6) is 0. The molecule has 0 heterocycles. The molecular weight excluding hydrogens is 559 g/mol. The number of hydrogen-bond acceptors (Lipinski definition) is 3. The topological polar surface area (TPSA) is 57.2 Å². The molecule has 5 heteroatoms. The maximum Gasteiger partial charge on any atom is 1.00 e. The number of aryl methyl sites for hydroxylation is 2. The predicted molar refractivity (Wildman–Crippen MR) is 181 cm³/mol. The van der Waals surface area contributed by atoms with Crippen molar-refractivity contribution in [2.45, 2.75) is 186 Å². The molecule has 0 atom stereocenters. The van der Waals surface area contributed by atoms with Crippen molar-refractivity contribution < 1.29 is 42.5 Å². The van der Waals surface area contributed by atoms with Crippen molar-refractivity contribution in [1.82, 2.24) is 0 Å². The average molecular weight is 623 g/mol. The van der Waals surface area contributed by atoms with E-state index in [1.165, 1.54) is 146 Å². The van der Waals surface area contributed by atoms with Crippen LogP contribution in [0.15, 0.2) is 35.2 Å². The zero-order valence-corrected chi connectivity index (χ0v) is 31.2. The van der Waals surface area contributed by atoms with Gasteiger partial charge in [0.1, 0.15) is 10.1 Å². The van der Waals surface area contributed by atoms with Crippen LogP contribution >= 0.6 is 0 Å². The molecule has 2 aromatic carbocycles. The molecule has 0 aliphatic heterocycles. The van der Waals surface area contributed by atoms with Crippen LogP contribution in [0.5, 0.6) is 0 Å². The average Bonchev–Trinajstić information content (AvgIpc) is 2.97. The first-order chi connectivity index (χ1) is 20.5. The molecule has 0 amide bonds. The van der Waals surface area contributed by atoms with E-state index in [9.17, 15) is 13.0 Å². The Kier molecular flexibility index (Phi) is 24.3. The van der Waals surface area contributed by atoms with Crippen molar-refractivity contribution >= 4 is 20.9 Å². The van der Waals surface area contributed by atoms with Crippen molar-refractivity contribution in [2.24, 2.45) is 0 Å². The molecule has 2 rings (SSSR count). The molecule has 0 fully saturated rings. The minimum Gasteiger partial charge on any atom is -0.744 e. The van der Waals surface area contributed by atoms with Gasteiger partial charge in [-0.05, 0) is 53.6 Å². The molecule has 0 aliphatic rings. The van der Waals surface area contributed by atoms with Crippen molar-refractivity contribution in [1.29, 1.82) is 0 Å². The quantitative estimate of drug-likeness (QED) is 0.0567. The normalized spacial score (nSPS) is 11.7. The van der Waals surface area contributed by atoms with E-state index < -0.39 is 10.1 Å². The van der Waals surface area contributed by atoms with Crippen LogP contribution in [0.25, 0.3) is 10.8 Å². The van der Waals surface area contributed by atoms with Crippen LogP contribution in [0.4, 0.5) is 0 Å². The first kappa shape index (κ1) is 40.6. The van der Waals surface area contributed by atoms with E-state index in [1.807, 2.05) is 0 Å². The van der Waals surface area contributed by atoms with Crippen LogP contribution in [-0.4, -0.2) is 13.0 Å². The summed E-state index contributed by atoms with van der Waals surface area (Å²) in [5.41, 5.74) is 2.00. The molecule has 0 saturated heterocycles. The van der Waals surface area contributed by atoms with Gasteiger partial charge in [0.25, 0.3) is 0 Å². The number of fused-ring (bicyclic) bond motifs is 1. The predicted octanol–water partition coefficient (Wildman–Crippen LogP) is 9.24. The Bertz CT molecular complexity index is 1070. The molecule has 2 aromatic rings. The fourth-order valence-corrected chi connectivity index (χ4v) is 7.12. The zero-order valence-electron chi connectivity index (χ0n) is 28.4. The van der Waals surface area contributed by atoms with Crippen molar-refractivity contribution in [2.75, 3.05) is 0 Å². The largest absolute Gasteiger partial charge is 1.00 e. The number of rotatable bonds is 27. The molecule has 240 valence electrons. The Morgan fingerprint density at radius 1 is 0.512 bits per heavy atom. The van der Waals surface area contributed by atoms with Gasteiger partial charge in [-0.3, -0.25) is 0 Å². The van der Waals surface area contributed by atoms with Crippen molar-refractivity contribution in [3.63, 3.8) is 0 Å². The second kappa shape index (κ2) is 25.8. The molecule has 43 heavy (non-hydrogen) atoms. The molecule has 0 aromatic heterocycles. The third-order valence-electron chi connectivity index (χ3n) is 9.02. The third-order valence-corrected chi connectivity index (χ3v) is 9.94. The van der Waals surface area contributed by atoms with Crippen LogP contribution in [-0.2, 0) is 23.0 Å². The van der Waals surface area contributed by atoms with Crippen molar-refractivity contribution in [3.05, 3.63) is 41.5 Å². The van der Waals surface area contributed by atoms with E-state index in [0.717, 1.165) is 42.0 Å². The van der Waals surface area contributed by atoms with E-state index in [1.54, 1.807) is 6.07 Å². The van der Waals surface area contributed by atoms with Crippen LogP contribution in [0.1, 0.15) is 179 Å². The molecule has 0 saturated carbocycles. The van der Waals surface area contributed by atoms with E-state index in [-0.39, 0.29) is 34.5 Å². The fraction of sp³-hybridized carbons (Fsp3) is 0.737. The summed E-state index contributed by atoms with van der Waals surface area (Å²) in [7, 11) is -4.49. The van der Waals surface area contributed by atoms with Gasteiger partial charge >= 0.3 is 29.6 Å². The molecule has 0 bridgehead atoms. The Labute approximate surface area is 288 Å². The second-order valence-corrected chi connectivity index (χ2v) is 14.2. The van der Waals surface area contributed by atoms with Gasteiger partial charge in [0.15, 0.2) is 0 Å². The first-order valence-corrected chi connectivity index (χ1v) is 19.4. The molecule has 0 spiro atoms. The summed E-state index contributed by atoms with van der Waals surface area (Å²) in [4.78, 5) is -0.0133. The molecule has 0 unspecified atom stereocenters. The Morgan fingerprint density at radius 2 is 0.884 bits per heavy atom. The SMILES string of the molecule is CCCCCCCCCCCCCCc1ccc2ccc(S(=O)(=O)[O-])c(CCCCCCCCCCCCCC)c2c1.[Na+]. The summed E-state index contributed by atoms with van der Waals surface area (Å²) in [5, 5.41) is 2.00. The Balaban J connectivity index is 0.00000924. The molecule has 3 nitrogen and oxygen atoms in total. The maximum absolute atomic E-state index is 12.1. The number of unbranched alkanes of at least 4 members (excludes halogenated alkanes) is 22. The minimum absolute atomic E-state index is 0. The minimum atomic E-state index is -4.49. The van der Waals surface area contributed by atoms with Crippen LogP contribution < -0.4 is 29.6 Å². The summed E-state index contributed by atoms with van der Waals surface area (Å²) in [6.07, 6.45) is 33.0. The Morgan fingerprint density at radius 3 is 1.30 bits per heavy atom. The van der Waals surface area contributed by atoms with Crippen LogP contribution in [0.2, 0.25) is 0 Å². The monoisotopic (exact) mass is 622 g/mol. The van der Waals surface area contributed by atoms with E-state index in [2.05, 4.69) is 32.0 Å². The molecule has 0 radical (unpaired) electrons.